The summed E-state index contributed by atoms with van der Waals surface area (Å²) in [6.07, 6.45) is 12.1. The van der Waals surface area contributed by atoms with E-state index in [1.54, 1.807) is 6.33 Å². The summed E-state index contributed by atoms with van der Waals surface area (Å²) < 4.78 is 2.06. The Bertz CT molecular complexity index is 1100. The molecule has 8 heteroatoms. The lowest BCUT2D eigenvalue weighted by Crippen LogP contribution is -2.42. The molecule has 2 atom stereocenters. The summed E-state index contributed by atoms with van der Waals surface area (Å²) in [5.41, 5.74) is 3.46. The lowest BCUT2D eigenvalue weighted by Gasteiger charge is -2.40. The smallest absolute Gasteiger partial charge is 0.225 e. The molecule has 8 nitrogen and oxygen atoms in total. The van der Waals surface area contributed by atoms with Crippen molar-refractivity contribution in [2.45, 2.75) is 97.7 Å². The number of hydrogen-bond donors (Lipinski definition) is 2. The zero-order valence-corrected chi connectivity index (χ0v) is 23.2. The summed E-state index contributed by atoms with van der Waals surface area (Å²) in [5.74, 6) is 2.65. The standard InChI is InChI=1S/C23H29N7.C6H15N/c1-4-19-22-28-25-14-29(22)20-13-24-23(26-16(3)17-11-9-15(2)10-12-17)27-21(20)30(19)18-7-5-6-8-18;1-3-5-7-6-4-2/h9-14,16,18-19H,4-8H2,1-3H3,(H,24,26,27);7H,3-6H2,1-2H3/t16-,19+;/m0./s1. The van der Waals surface area contributed by atoms with Gasteiger partial charge in [0.05, 0.1) is 18.3 Å². The van der Waals surface area contributed by atoms with Crippen LogP contribution in [0.25, 0.3) is 5.69 Å². The van der Waals surface area contributed by atoms with Crippen molar-refractivity contribution in [3.63, 3.8) is 0 Å². The van der Waals surface area contributed by atoms with E-state index in [0.717, 1.165) is 23.8 Å². The molecule has 0 unspecified atom stereocenters. The van der Waals surface area contributed by atoms with Crippen LogP contribution in [0.1, 0.15) is 102 Å². The molecule has 3 heterocycles. The highest BCUT2D eigenvalue weighted by Crippen LogP contribution is 2.42. The Morgan fingerprint density at radius 1 is 1.03 bits per heavy atom. The highest BCUT2D eigenvalue weighted by molar-refractivity contribution is 5.63. The maximum atomic E-state index is 5.03. The minimum atomic E-state index is 0.125. The van der Waals surface area contributed by atoms with E-state index in [-0.39, 0.29) is 12.1 Å². The summed E-state index contributed by atoms with van der Waals surface area (Å²) in [7, 11) is 0. The topological polar surface area (TPSA) is 83.8 Å². The maximum Gasteiger partial charge on any atom is 0.225 e. The first-order valence-corrected chi connectivity index (χ1v) is 14.2. The van der Waals surface area contributed by atoms with E-state index in [4.69, 9.17) is 4.98 Å². The van der Waals surface area contributed by atoms with Gasteiger partial charge >= 0.3 is 0 Å². The van der Waals surface area contributed by atoms with Gasteiger partial charge in [0.2, 0.25) is 5.95 Å². The van der Waals surface area contributed by atoms with Crippen molar-refractivity contribution in [2.24, 2.45) is 0 Å². The van der Waals surface area contributed by atoms with Gasteiger partial charge in [0.25, 0.3) is 0 Å². The number of rotatable bonds is 9. The molecule has 1 fully saturated rings. The Morgan fingerprint density at radius 3 is 2.38 bits per heavy atom. The SMILES string of the molecule is CCCNCCC.CC[C@@H]1c2nncn2-c2cnc(N[C@@H](C)c3ccc(C)cc3)nc2N1C1CCCC1. The van der Waals surface area contributed by atoms with E-state index in [1.807, 2.05) is 6.20 Å². The first-order chi connectivity index (χ1) is 18.1. The molecule has 1 aromatic carbocycles. The van der Waals surface area contributed by atoms with Crippen LogP contribution in [0.3, 0.4) is 0 Å². The van der Waals surface area contributed by atoms with Crippen molar-refractivity contribution in [3.05, 3.63) is 53.7 Å². The predicted molar refractivity (Wildman–Crippen MR) is 151 cm³/mol. The number of hydrogen-bond acceptors (Lipinski definition) is 7. The minimum absolute atomic E-state index is 0.125. The Balaban J connectivity index is 0.000000405. The van der Waals surface area contributed by atoms with Gasteiger partial charge in [-0.15, -0.1) is 10.2 Å². The third kappa shape index (κ3) is 6.29. The zero-order chi connectivity index (χ0) is 26.2. The van der Waals surface area contributed by atoms with Gasteiger partial charge in [0, 0.05) is 6.04 Å². The number of fused-ring (bicyclic) bond motifs is 3. The predicted octanol–water partition coefficient (Wildman–Crippen LogP) is 6.15. The highest BCUT2D eigenvalue weighted by Gasteiger charge is 2.38. The van der Waals surface area contributed by atoms with E-state index < -0.39 is 0 Å². The monoisotopic (exact) mass is 504 g/mol. The molecule has 0 radical (unpaired) electrons. The van der Waals surface area contributed by atoms with Crippen LogP contribution < -0.4 is 15.5 Å². The van der Waals surface area contributed by atoms with E-state index >= 15 is 0 Å². The molecule has 0 amide bonds. The van der Waals surface area contributed by atoms with Gasteiger partial charge < -0.3 is 15.5 Å². The van der Waals surface area contributed by atoms with Crippen LogP contribution in [0.2, 0.25) is 0 Å². The van der Waals surface area contributed by atoms with E-state index in [0.29, 0.717) is 12.0 Å². The molecule has 0 bridgehead atoms. The summed E-state index contributed by atoms with van der Waals surface area (Å²) in [6, 6.07) is 9.42. The van der Waals surface area contributed by atoms with E-state index in [2.05, 4.69) is 94.2 Å². The average molecular weight is 505 g/mol. The molecular formula is C29H44N8. The molecule has 2 aliphatic rings. The number of aryl methyl sites for hydroxylation is 1. The fourth-order valence-electron chi connectivity index (χ4n) is 5.32. The van der Waals surface area contributed by atoms with Crippen molar-refractivity contribution in [3.8, 4) is 5.69 Å². The summed E-state index contributed by atoms with van der Waals surface area (Å²) in [4.78, 5) is 12.2. The number of nitrogens with one attached hydrogen (secondary N) is 2. The van der Waals surface area contributed by atoms with Gasteiger partial charge in [-0.25, -0.2) is 4.98 Å². The van der Waals surface area contributed by atoms with Crippen LogP contribution in [0.15, 0.2) is 36.8 Å². The van der Waals surface area contributed by atoms with Gasteiger partial charge in [-0.3, -0.25) is 4.57 Å². The highest BCUT2D eigenvalue weighted by atomic mass is 15.4. The second-order valence-corrected chi connectivity index (χ2v) is 10.3. The van der Waals surface area contributed by atoms with Crippen molar-refractivity contribution in [1.82, 2.24) is 30.0 Å². The molecule has 5 rings (SSSR count). The largest absolute Gasteiger partial charge is 0.348 e. The van der Waals surface area contributed by atoms with Gasteiger partial charge in [-0.1, -0.05) is 63.4 Å². The van der Waals surface area contributed by atoms with Gasteiger partial charge in [0.15, 0.2) is 11.6 Å². The van der Waals surface area contributed by atoms with Gasteiger partial charge in [0.1, 0.15) is 12.0 Å². The van der Waals surface area contributed by atoms with Crippen LogP contribution in [0.5, 0.6) is 0 Å². The Kier molecular flexibility index (Phi) is 9.50. The first kappa shape index (κ1) is 27.0. The fraction of sp³-hybridized carbons (Fsp3) is 0.586. The molecule has 2 aromatic heterocycles. The third-order valence-corrected chi connectivity index (χ3v) is 7.34. The maximum absolute atomic E-state index is 5.03. The van der Waals surface area contributed by atoms with Crippen molar-refractivity contribution >= 4 is 11.8 Å². The van der Waals surface area contributed by atoms with Gasteiger partial charge in [-0.05, 0) is 64.6 Å². The number of nitrogens with zero attached hydrogens (tertiary/aromatic N) is 6. The van der Waals surface area contributed by atoms with Crippen LogP contribution in [0.4, 0.5) is 11.8 Å². The lowest BCUT2D eigenvalue weighted by molar-refractivity contribution is 0.469. The molecule has 2 N–H and O–H groups in total. The molecule has 1 saturated carbocycles. The Morgan fingerprint density at radius 2 is 1.73 bits per heavy atom. The Hall–Kier alpha value is -3.00. The summed E-state index contributed by atoms with van der Waals surface area (Å²) in [6.45, 7) is 13.2. The Labute approximate surface area is 222 Å². The second-order valence-electron chi connectivity index (χ2n) is 10.3. The van der Waals surface area contributed by atoms with Gasteiger partial charge in [-0.2, -0.15) is 4.98 Å². The fourth-order valence-corrected chi connectivity index (χ4v) is 5.32. The normalized spacial score (nSPS) is 17.5. The number of anilines is 2. The quantitative estimate of drug-likeness (QED) is 0.338. The summed E-state index contributed by atoms with van der Waals surface area (Å²) in [5, 5.41) is 15.4. The third-order valence-electron chi connectivity index (χ3n) is 7.34. The first-order valence-electron chi connectivity index (χ1n) is 14.2. The molecule has 3 aromatic rings. The minimum Gasteiger partial charge on any atom is -0.348 e. The number of aromatic nitrogens is 5. The molecule has 1 aliphatic carbocycles. The molecule has 0 saturated heterocycles. The average Bonchev–Trinajstić information content (AvgIpc) is 3.62. The van der Waals surface area contributed by atoms with E-state index in [1.165, 1.54) is 62.7 Å². The molecule has 200 valence electrons. The van der Waals surface area contributed by atoms with Crippen LogP contribution >= 0.6 is 0 Å². The number of benzene rings is 1. The van der Waals surface area contributed by atoms with Crippen LogP contribution in [-0.2, 0) is 0 Å². The zero-order valence-electron chi connectivity index (χ0n) is 23.2. The molecular weight excluding hydrogens is 460 g/mol. The molecule has 37 heavy (non-hydrogen) atoms. The van der Waals surface area contributed by atoms with Crippen LogP contribution in [0, 0.1) is 6.92 Å². The van der Waals surface area contributed by atoms with E-state index in [9.17, 15) is 0 Å². The summed E-state index contributed by atoms with van der Waals surface area (Å²) >= 11 is 0. The van der Waals surface area contributed by atoms with Crippen LogP contribution in [-0.4, -0.2) is 43.9 Å². The second kappa shape index (κ2) is 13.0. The molecule has 0 spiro atoms. The molecule has 1 aliphatic heterocycles. The van der Waals surface area contributed by atoms with Crippen molar-refractivity contribution in [2.75, 3.05) is 23.3 Å². The van der Waals surface area contributed by atoms with Crippen molar-refractivity contribution in [1.29, 1.82) is 0 Å². The lowest BCUT2D eigenvalue weighted by atomic mass is 10.0. The van der Waals surface area contributed by atoms with Crippen molar-refractivity contribution < 1.29 is 0 Å².